The first kappa shape index (κ1) is 56.5. The predicted molar refractivity (Wildman–Crippen MR) is 243 cm³/mol. The molecule has 0 saturated carbocycles. The highest BCUT2D eigenvalue weighted by Crippen LogP contribution is 2.43. The number of esters is 2. The molecule has 0 bridgehead atoms. The quantitative estimate of drug-likeness (QED) is 0.0212. The Morgan fingerprint density at radius 1 is 0.534 bits per heavy atom. The van der Waals surface area contributed by atoms with Crippen LogP contribution in [0.4, 0.5) is 0 Å². The van der Waals surface area contributed by atoms with E-state index in [0.29, 0.717) is 17.4 Å². The van der Waals surface area contributed by atoms with Crippen LogP contribution < -0.4 is 0 Å². The van der Waals surface area contributed by atoms with E-state index in [1.54, 1.807) is 0 Å². The Bertz CT molecular complexity index is 1040. The summed E-state index contributed by atoms with van der Waals surface area (Å²) in [6.45, 7) is 4.33. The highest BCUT2D eigenvalue weighted by molar-refractivity contribution is 7.47. The Labute approximate surface area is 358 Å². The number of carbonyl (C=O) groups excluding carboxylic acids is 2. The third-order valence-corrected chi connectivity index (χ3v) is 11.5. The number of phosphoric acid groups is 1. The predicted octanol–water partition coefficient (Wildman–Crippen LogP) is 13.9. The molecule has 0 saturated heterocycles. The van der Waals surface area contributed by atoms with E-state index in [1.807, 2.05) is 21.1 Å². The number of quaternary nitrogens is 1. The van der Waals surface area contributed by atoms with Gasteiger partial charge in [0.05, 0.1) is 27.7 Å². The smallest absolute Gasteiger partial charge is 0.462 e. The zero-order valence-corrected chi connectivity index (χ0v) is 39.4. The van der Waals surface area contributed by atoms with Gasteiger partial charge in [-0.25, -0.2) is 4.57 Å². The SMILES string of the molecule is CCCCCCC/C=C\C/C=C\CCCCCCCCCCCCCCCCCCCC(=O)OC(COC(=O)CCCCCCC)COP(=O)(O)OCC[N+](C)(C)C. The lowest BCUT2D eigenvalue weighted by Crippen LogP contribution is -2.37. The Morgan fingerprint density at radius 3 is 1.36 bits per heavy atom. The lowest BCUT2D eigenvalue weighted by atomic mass is 10.0. The standard InChI is InChI=1S/C48H92NO8P/c1-6-8-10-12-13-14-15-16-17-18-19-20-21-22-23-24-25-26-27-28-29-30-31-32-33-34-35-37-39-41-48(51)57-46(44-54-47(50)40-38-36-11-9-7-2)45-56-58(52,53)55-43-42-49(3,4)5/h15-16,18-19,46H,6-14,17,20-45H2,1-5H3/p+1/b16-15-,19-18-. The summed E-state index contributed by atoms with van der Waals surface area (Å²) in [5.41, 5.74) is 0. The second-order valence-electron chi connectivity index (χ2n) is 17.5. The molecule has 1 N–H and O–H groups in total. The zero-order valence-electron chi connectivity index (χ0n) is 38.5. The van der Waals surface area contributed by atoms with Crippen LogP contribution in [0.2, 0.25) is 0 Å². The number of hydrogen-bond acceptors (Lipinski definition) is 7. The molecule has 0 aliphatic heterocycles. The monoisotopic (exact) mass is 843 g/mol. The normalized spacial score (nSPS) is 13.7. The summed E-state index contributed by atoms with van der Waals surface area (Å²) in [5.74, 6) is -0.805. The van der Waals surface area contributed by atoms with Crippen LogP contribution in [0, 0.1) is 0 Å². The van der Waals surface area contributed by atoms with Crippen LogP contribution >= 0.6 is 7.82 Å². The third kappa shape index (κ3) is 44.1. The topological polar surface area (TPSA) is 108 Å². The Morgan fingerprint density at radius 2 is 0.931 bits per heavy atom. The summed E-state index contributed by atoms with van der Waals surface area (Å²) in [6, 6.07) is 0. The molecular formula is C48H93NO8P+. The van der Waals surface area contributed by atoms with Crippen molar-refractivity contribution in [3.63, 3.8) is 0 Å². The largest absolute Gasteiger partial charge is 0.472 e. The number of hydrogen-bond donors (Lipinski definition) is 1. The summed E-state index contributed by atoms with van der Waals surface area (Å²) in [7, 11) is 1.48. The molecule has 0 amide bonds. The lowest BCUT2D eigenvalue weighted by molar-refractivity contribution is -0.870. The molecule has 58 heavy (non-hydrogen) atoms. The highest BCUT2D eigenvalue weighted by atomic mass is 31.2. The van der Waals surface area contributed by atoms with Crippen molar-refractivity contribution >= 4 is 19.8 Å². The van der Waals surface area contributed by atoms with Gasteiger partial charge in [0.25, 0.3) is 0 Å². The average molecular weight is 843 g/mol. The molecule has 10 heteroatoms. The fourth-order valence-electron chi connectivity index (χ4n) is 6.69. The van der Waals surface area contributed by atoms with Gasteiger partial charge in [-0.05, 0) is 44.9 Å². The second kappa shape index (κ2) is 40.9. The summed E-state index contributed by atoms with van der Waals surface area (Å²) in [4.78, 5) is 35.1. The zero-order chi connectivity index (χ0) is 42.8. The number of rotatable bonds is 44. The van der Waals surface area contributed by atoms with Crippen LogP contribution in [0.1, 0.15) is 219 Å². The fraction of sp³-hybridized carbons (Fsp3) is 0.875. The average Bonchev–Trinajstić information content (AvgIpc) is 3.17. The van der Waals surface area contributed by atoms with Crippen molar-refractivity contribution in [3.8, 4) is 0 Å². The van der Waals surface area contributed by atoms with Gasteiger partial charge in [0.15, 0.2) is 6.10 Å². The van der Waals surface area contributed by atoms with Crippen LogP contribution in [-0.4, -0.2) is 74.9 Å². The van der Waals surface area contributed by atoms with Gasteiger partial charge in [-0.2, -0.15) is 0 Å². The molecule has 0 aliphatic rings. The Kier molecular flexibility index (Phi) is 39.8. The van der Waals surface area contributed by atoms with E-state index in [4.69, 9.17) is 18.5 Å². The van der Waals surface area contributed by atoms with Gasteiger partial charge >= 0.3 is 19.8 Å². The minimum Gasteiger partial charge on any atom is -0.462 e. The molecule has 0 heterocycles. The van der Waals surface area contributed by atoms with Crippen molar-refractivity contribution in [2.24, 2.45) is 0 Å². The van der Waals surface area contributed by atoms with Crippen LogP contribution in [0.3, 0.4) is 0 Å². The number of allylic oxidation sites excluding steroid dienone is 4. The summed E-state index contributed by atoms with van der Waals surface area (Å²) in [5, 5.41) is 0. The first-order valence-electron chi connectivity index (χ1n) is 24.1. The molecule has 0 fully saturated rings. The summed E-state index contributed by atoms with van der Waals surface area (Å²) in [6.07, 6.45) is 45.8. The van der Waals surface area contributed by atoms with E-state index in [1.165, 1.54) is 135 Å². The molecule has 0 aromatic carbocycles. The van der Waals surface area contributed by atoms with Crippen molar-refractivity contribution in [2.75, 3.05) is 47.5 Å². The van der Waals surface area contributed by atoms with Crippen molar-refractivity contribution in [2.45, 2.75) is 225 Å². The van der Waals surface area contributed by atoms with Crippen molar-refractivity contribution in [1.82, 2.24) is 0 Å². The van der Waals surface area contributed by atoms with Crippen molar-refractivity contribution in [1.29, 1.82) is 0 Å². The maximum Gasteiger partial charge on any atom is 0.472 e. The molecular weight excluding hydrogens is 750 g/mol. The molecule has 2 atom stereocenters. The van der Waals surface area contributed by atoms with E-state index in [-0.39, 0.29) is 32.0 Å². The Balaban J connectivity index is 3.92. The molecule has 0 aliphatic carbocycles. The highest BCUT2D eigenvalue weighted by Gasteiger charge is 2.27. The van der Waals surface area contributed by atoms with Gasteiger partial charge in [0.2, 0.25) is 0 Å². The molecule has 0 aromatic rings. The minimum absolute atomic E-state index is 0.0339. The minimum atomic E-state index is -4.36. The van der Waals surface area contributed by atoms with E-state index in [2.05, 4.69) is 38.2 Å². The van der Waals surface area contributed by atoms with Crippen LogP contribution in [0.15, 0.2) is 24.3 Å². The third-order valence-electron chi connectivity index (χ3n) is 10.5. The molecule has 0 aromatic heterocycles. The van der Waals surface area contributed by atoms with Crippen molar-refractivity contribution < 1.29 is 42.1 Å². The van der Waals surface area contributed by atoms with Gasteiger partial charge in [0, 0.05) is 12.8 Å². The maximum absolute atomic E-state index is 12.6. The fourth-order valence-corrected chi connectivity index (χ4v) is 7.43. The number of carbonyl (C=O) groups is 2. The van der Waals surface area contributed by atoms with Crippen LogP contribution in [0.5, 0.6) is 0 Å². The van der Waals surface area contributed by atoms with E-state index in [0.717, 1.165) is 51.4 Å². The first-order valence-corrected chi connectivity index (χ1v) is 25.6. The van der Waals surface area contributed by atoms with Gasteiger partial charge in [-0.1, -0.05) is 186 Å². The molecule has 9 nitrogen and oxygen atoms in total. The second-order valence-corrected chi connectivity index (χ2v) is 19.0. The Hall–Kier alpha value is -1.51. The van der Waals surface area contributed by atoms with Crippen LogP contribution in [0.25, 0.3) is 0 Å². The van der Waals surface area contributed by atoms with Gasteiger partial charge in [0.1, 0.15) is 19.8 Å². The lowest BCUT2D eigenvalue weighted by Gasteiger charge is -2.24. The molecule has 0 rings (SSSR count). The number of phosphoric ester groups is 1. The number of nitrogens with zero attached hydrogens (tertiary/aromatic N) is 1. The number of likely N-dealkylation sites (N-methyl/N-ethyl adjacent to an activating group) is 1. The number of unbranched alkanes of at least 4 members (excludes halogenated alkanes) is 26. The van der Waals surface area contributed by atoms with E-state index < -0.39 is 26.5 Å². The van der Waals surface area contributed by atoms with Gasteiger partial charge in [-0.3, -0.25) is 18.6 Å². The van der Waals surface area contributed by atoms with Crippen LogP contribution in [-0.2, 0) is 32.7 Å². The molecule has 0 spiro atoms. The van der Waals surface area contributed by atoms with Gasteiger partial charge < -0.3 is 18.9 Å². The number of ether oxygens (including phenoxy) is 2. The van der Waals surface area contributed by atoms with Crippen molar-refractivity contribution in [3.05, 3.63) is 24.3 Å². The maximum atomic E-state index is 12.6. The summed E-state index contributed by atoms with van der Waals surface area (Å²) >= 11 is 0. The molecule has 2 unspecified atom stereocenters. The molecule has 342 valence electrons. The first-order chi connectivity index (χ1) is 28.0. The van der Waals surface area contributed by atoms with E-state index in [9.17, 15) is 19.0 Å². The van der Waals surface area contributed by atoms with Gasteiger partial charge in [-0.15, -0.1) is 0 Å². The summed E-state index contributed by atoms with van der Waals surface area (Å²) < 4.78 is 34.1. The molecule has 0 radical (unpaired) electrons. The van der Waals surface area contributed by atoms with E-state index >= 15 is 0 Å².